The van der Waals surface area contributed by atoms with E-state index in [1.54, 1.807) is 0 Å². The largest absolute Gasteiger partial charge is 0.465 e. The lowest BCUT2D eigenvalue weighted by Gasteiger charge is -2.09. The molecule has 10 nitrogen and oxygen atoms in total. The Labute approximate surface area is 114 Å². The minimum atomic E-state index is -4.54. The van der Waals surface area contributed by atoms with Crippen molar-refractivity contribution in [2.75, 3.05) is 7.11 Å². The van der Waals surface area contributed by atoms with Gasteiger partial charge in [0.05, 0.1) is 22.5 Å². The van der Waals surface area contributed by atoms with Crippen LogP contribution in [-0.4, -0.2) is 40.3 Å². The van der Waals surface area contributed by atoms with Crippen LogP contribution in [0.4, 0.5) is 0 Å². The molecular formula is C8H10N2O8S2. The predicted octanol–water partition coefficient (Wildman–Crippen LogP) is -1.19. The highest BCUT2D eigenvalue weighted by molar-refractivity contribution is 7.90. The van der Waals surface area contributed by atoms with Gasteiger partial charge in [-0.15, -0.1) is 0 Å². The molecule has 0 radical (unpaired) electrons. The molecule has 0 aliphatic heterocycles. The predicted molar refractivity (Wildman–Crippen MR) is 62.0 cm³/mol. The van der Waals surface area contributed by atoms with Gasteiger partial charge < -0.3 is 15.2 Å². The summed E-state index contributed by atoms with van der Waals surface area (Å²) >= 11 is 0. The van der Waals surface area contributed by atoms with Crippen molar-refractivity contribution in [3.63, 3.8) is 0 Å². The maximum Gasteiger partial charge on any atom is 0.339 e. The van der Waals surface area contributed by atoms with E-state index in [1.165, 1.54) is 0 Å². The summed E-state index contributed by atoms with van der Waals surface area (Å²) in [6.45, 7) is 0. The van der Waals surface area contributed by atoms with Crippen molar-refractivity contribution in [2.24, 2.45) is 0 Å². The molecule has 4 N–H and O–H groups in total. The number of benzene rings is 1. The summed E-state index contributed by atoms with van der Waals surface area (Å²) in [6, 6.07) is 2.31. The van der Waals surface area contributed by atoms with Crippen molar-refractivity contribution < 1.29 is 36.8 Å². The van der Waals surface area contributed by atoms with Crippen molar-refractivity contribution in [1.82, 2.24) is 9.77 Å². The molecule has 0 aliphatic rings. The van der Waals surface area contributed by atoms with Gasteiger partial charge in [-0.1, -0.05) is 9.77 Å². The SMILES string of the molecule is COC(=O)c1ccc(S(=O)(=O)NO)cc1S(=O)(=O)NO. The lowest BCUT2D eigenvalue weighted by Crippen LogP contribution is -2.24. The molecule has 20 heavy (non-hydrogen) atoms. The summed E-state index contributed by atoms with van der Waals surface area (Å²) in [7, 11) is -7.91. The molecule has 0 fully saturated rings. The molecule has 0 heterocycles. The first kappa shape index (κ1) is 16.5. The van der Waals surface area contributed by atoms with E-state index in [1.807, 2.05) is 0 Å². The Morgan fingerprint density at radius 1 is 1.10 bits per heavy atom. The summed E-state index contributed by atoms with van der Waals surface area (Å²) < 4.78 is 50.2. The average Bonchev–Trinajstić information content (AvgIpc) is 2.45. The third-order valence-corrected chi connectivity index (χ3v) is 4.47. The first-order valence-corrected chi connectivity index (χ1v) is 7.70. The maximum absolute atomic E-state index is 11.6. The fourth-order valence-electron chi connectivity index (χ4n) is 1.27. The Bertz CT molecular complexity index is 725. The van der Waals surface area contributed by atoms with Crippen molar-refractivity contribution in [1.29, 1.82) is 0 Å². The van der Waals surface area contributed by atoms with Crippen LogP contribution in [0.5, 0.6) is 0 Å². The second-order valence-corrected chi connectivity index (χ2v) is 6.63. The smallest absolute Gasteiger partial charge is 0.339 e. The van der Waals surface area contributed by atoms with E-state index in [-0.39, 0.29) is 0 Å². The standard InChI is InChI=1S/C8H10N2O8S2/c1-18-8(11)6-3-2-5(19(14,15)9-12)4-7(6)20(16,17)10-13/h2-4,9-10,12-13H,1H3. The van der Waals surface area contributed by atoms with Crippen LogP contribution in [0.3, 0.4) is 0 Å². The highest BCUT2D eigenvalue weighted by Gasteiger charge is 2.26. The molecule has 0 bridgehead atoms. The van der Waals surface area contributed by atoms with E-state index in [4.69, 9.17) is 10.4 Å². The Kier molecular flexibility index (Phi) is 4.80. The third kappa shape index (κ3) is 3.12. The number of hydrogen-bond donors (Lipinski definition) is 4. The molecule has 112 valence electrons. The highest BCUT2D eigenvalue weighted by Crippen LogP contribution is 2.21. The number of ether oxygens (including phenoxy) is 1. The van der Waals surface area contributed by atoms with Gasteiger partial charge in [0.15, 0.2) is 0 Å². The lowest BCUT2D eigenvalue weighted by molar-refractivity contribution is 0.0596. The molecule has 0 aromatic heterocycles. The van der Waals surface area contributed by atoms with Gasteiger partial charge in [0.1, 0.15) is 0 Å². The van der Waals surface area contributed by atoms with Crippen molar-refractivity contribution in [3.05, 3.63) is 23.8 Å². The number of nitrogens with one attached hydrogen (secondary N) is 2. The van der Waals surface area contributed by atoms with Crippen LogP contribution < -0.4 is 9.77 Å². The minimum absolute atomic E-state index is 0.495. The van der Waals surface area contributed by atoms with E-state index in [0.717, 1.165) is 29.0 Å². The Morgan fingerprint density at radius 2 is 1.65 bits per heavy atom. The fraction of sp³-hybridized carbons (Fsp3) is 0.125. The first-order chi connectivity index (χ1) is 9.19. The van der Waals surface area contributed by atoms with Gasteiger partial charge in [-0.3, -0.25) is 0 Å². The van der Waals surface area contributed by atoms with Crippen LogP contribution in [0, 0.1) is 0 Å². The number of sulfonamides is 2. The normalized spacial score (nSPS) is 12.2. The number of carbonyl (C=O) groups excluding carboxylic acids is 1. The highest BCUT2D eigenvalue weighted by atomic mass is 32.2. The van der Waals surface area contributed by atoms with Gasteiger partial charge >= 0.3 is 5.97 Å². The first-order valence-electron chi connectivity index (χ1n) is 4.73. The molecule has 12 heteroatoms. The Balaban J connectivity index is 3.66. The fourth-order valence-corrected chi connectivity index (χ4v) is 2.79. The van der Waals surface area contributed by atoms with Gasteiger partial charge in [0.25, 0.3) is 20.0 Å². The summed E-state index contributed by atoms with van der Waals surface area (Å²) in [6.07, 6.45) is 0. The monoisotopic (exact) mass is 326 g/mol. The Hall–Kier alpha value is -1.57. The van der Waals surface area contributed by atoms with Crippen LogP contribution >= 0.6 is 0 Å². The van der Waals surface area contributed by atoms with Crippen molar-refractivity contribution >= 4 is 26.0 Å². The molecule has 0 amide bonds. The van der Waals surface area contributed by atoms with Crippen LogP contribution in [0.25, 0.3) is 0 Å². The third-order valence-electron chi connectivity index (χ3n) is 2.20. The molecule has 1 aromatic carbocycles. The van der Waals surface area contributed by atoms with Gasteiger partial charge in [-0.2, -0.15) is 0 Å². The minimum Gasteiger partial charge on any atom is -0.465 e. The molecule has 1 aromatic rings. The molecule has 1 rings (SSSR count). The van der Waals surface area contributed by atoms with Gasteiger partial charge in [-0.05, 0) is 18.2 Å². The van der Waals surface area contributed by atoms with E-state index in [0.29, 0.717) is 6.07 Å². The summed E-state index contributed by atoms with van der Waals surface area (Å²) in [5, 5.41) is 17.1. The lowest BCUT2D eigenvalue weighted by atomic mass is 10.2. The van der Waals surface area contributed by atoms with E-state index >= 15 is 0 Å². The zero-order valence-electron chi connectivity index (χ0n) is 9.89. The topological polar surface area (TPSA) is 159 Å². The van der Waals surface area contributed by atoms with Gasteiger partial charge in [-0.25, -0.2) is 21.6 Å². The summed E-state index contributed by atoms with van der Waals surface area (Å²) in [5.41, 5.74) is -0.495. The van der Waals surface area contributed by atoms with Crippen LogP contribution in [0.2, 0.25) is 0 Å². The molecule has 0 saturated carbocycles. The molecule has 0 unspecified atom stereocenters. The van der Waals surface area contributed by atoms with Crippen LogP contribution in [-0.2, 0) is 24.8 Å². The van der Waals surface area contributed by atoms with E-state index < -0.39 is 41.4 Å². The second-order valence-electron chi connectivity index (χ2n) is 3.34. The summed E-state index contributed by atoms with van der Waals surface area (Å²) in [5.74, 6) is -1.06. The zero-order valence-corrected chi connectivity index (χ0v) is 11.5. The van der Waals surface area contributed by atoms with E-state index in [2.05, 4.69) is 4.74 Å². The van der Waals surface area contributed by atoms with Crippen molar-refractivity contribution in [2.45, 2.75) is 9.79 Å². The van der Waals surface area contributed by atoms with Crippen LogP contribution in [0.1, 0.15) is 10.4 Å². The van der Waals surface area contributed by atoms with Gasteiger partial charge in [0.2, 0.25) is 0 Å². The van der Waals surface area contributed by atoms with Gasteiger partial charge in [0, 0.05) is 0 Å². The summed E-state index contributed by atoms with van der Waals surface area (Å²) in [4.78, 5) is 11.9. The molecule has 0 atom stereocenters. The molecule has 0 saturated heterocycles. The van der Waals surface area contributed by atoms with Crippen LogP contribution in [0.15, 0.2) is 28.0 Å². The van der Waals surface area contributed by atoms with E-state index in [9.17, 15) is 21.6 Å². The maximum atomic E-state index is 11.6. The van der Waals surface area contributed by atoms with Crippen molar-refractivity contribution in [3.8, 4) is 0 Å². The quantitative estimate of drug-likeness (QED) is 0.388. The second kappa shape index (κ2) is 5.82. The molecular weight excluding hydrogens is 316 g/mol. The number of rotatable bonds is 5. The Morgan fingerprint density at radius 3 is 2.10 bits per heavy atom. The molecule has 0 spiro atoms. The number of hydrogen-bond acceptors (Lipinski definition) is 8. The zero-order chi connectivity index (χ0) is 15.6. The molecule has 0 aliphatic carbocycles. The number of esters is 1. The average molecular weight is 326 g/mol. The number of methoxy groups -OCH3 is 1. The number of carbonyl (C=O) groups is 1.